The lowest BCUT2D eigenvalue weighted by Crippen LogP contribution is -2.45. The molecule has 0 saturated carbocycles. The summed E-state index contributed by atoms with van der Waals surface area (Å²) < 4.78 is 5.57. The van der Waals surface area contributed by atoms with Crippen molar-refractivity contribution in [2.24, 2.45) is 5.92 Å². The van der Waals surface area contributed by atoms with Gasteiger partial charge in [0, 0.05) is 25.2 Å². The number of carbonyl (C=O) groups excluding carboxylic acids is 1. The molecule has 4 nitrogen and oxygen atoms in total. The van der Waals surface area contributed by atoms with E-state index in [9.17, 15) is 4.79 Å². The molecule has 3 atom stereocenters. The number of nitrogens with one attached hydrogen (secondary N) is 1. The van der Waals surface area contributed by atoms with Gasteiger partial charge in [-0.15, -0.1) is 0 Å². The molecule has 2 heterocycles. The topological polar surface area (TPSA) is 41.6 Å². The second kappa shape index (κ2) is 5.21. The van der Waals surface area contributed by atoms with Crippen LogP contribution in [0.3, 0.4) is 0 Å². The number of hydrogen-bond acceptors (Lipinski definition) is 3. The highest BCUT2D eigenvalue weighted by Crippen LogP contribution is 2.32. The summed E-state index contributed by atoms with van der Waals surface area (Å²) in [6, 6.07) is 10.2. The Balaban J connectivity index is 1.61. The lowest BCUT2D eigenvalue weighted by Gasteiger charge is -2.27. The Morgan fingerprint density at radius 2 is 2.16 bits per heavy atom. The number of benzene rings is 1. The van der Waals surface area contributed by atoms with E-state index >= 15 is 0 Å². The molecule has 2 saturated heterocycles. The molecule has 19 heavy (non-hydrogen) atoms. The van der Waals surface area contributed by atoms with Crippen LogP contribution in [-0.4, -0.2) is 42.6 Å². The van der Waals surface area contributed by atoms with Crippen molar-refractivity contribution >= 4 is 5.91 Å². The van der Waals surface area contributed by atoms with E-state index in [-0.39, 0.29) is 12.5 Å². The fourth-order valence-electron chi connectivity index (χ4n) is 3.33. The van der Waals surface area contributed by atoms with Gasteiger partial charge in [-0.25, -0.2) is 0 Å². The fourth-order valence-corrected chi connectivity index (χ4v) is 3.33. The zero-order chi connectivity index (χ0) is 13.2. The van der Waals surface area contributed by atoms with Gasteiger partial charge in [-0.3, -0.25) is 4.79 Å². The van der Waals surface area contributed by atoms with Crippen molar-refractivity contribution in [2.75, 3.05) is 19.7 Å². The fraction of sp³-hybridized carbons (Fsp3) is 0.533. The standard InChI is InChI=1S/C15H20N2O2/c1-11-7-12-8-16-9-14(12)17(11)15(18)10-19-13-5-3-2-4-6-13/h2-6,11-12,14,16H,7-10H2,1H3. The number of hydrogen-bond donors (Lipinski definition) is 1. The first-order chi connectivity index (χ1) is 9.25. The predicted octanol–water partition coefficient (Wildman–Crippen LogP) is 1.27. The van der Waals surface area contributed by atoms with Gasteiger partial charge in [0.05, 0.1) is 0 Å². The van der Waals surface area contributed by atoms with E-state index in [2.05, 4.69) is 12.2 Å². The van der Waals surface area contributed by atoms with Gasteiger partial charge in [0.15, 0.2) is 6.61 Å². The summed E-state index contributed by atoms with van der Waals surface area (Å²) in [6.07, 6.45) is 1.11. The van der Waals surface area contributed by atoms with Gasteiger partial charge in [0.1, 0.15) is 5.75 Å². The monoisotopic (exact) mass is 260 g/mol. The van der Waals surface area contributed by atoms with Crippen molar-refractivity contribution in [3.8, 4) is 5.75 Å². The molecular formula is C15H20N2O2. The largest absolute Gasteiger partial charge is 0.484 e. The Bertz CT molecular complexity index is 449. The molecule has 0 bridgehead atoms. The summed E-state index contributed by atoms with van der Waals surface area (Å²) >= 11 is 0. The molecule has 102 valence electrons. The molecule has 3 rings (SSSR count). The quantitative estimate of drug-likeness (QED) is 0.890. The number of nitrogens with zero attached hydrogens (tertiary/aromatic N) is 1. The summed E-state index contributed by atoms with van der Waals surface area (Å²) in [5, 5.41) is 3.37. The van der Waals surface area contributed by atoms with Crippen molar-refractivity contribution in [3.63, 3.8) is 0 Å². The first kappa shape index (κ1) is 12.5. The van der Waals surface area contributed by atoms with Crippen LogP contribution in [-0.2, 0) is 4.79 Å². The second-order valence-corrected chi connectivity index (χ2v) is 5.47. The van der Waals surface area contributed by atoms with Crippen LogP contribution < -0.4 is 10.1 Å². The maximum absolute atomic E-state index is 12.3. The summed E-state index contributed by atoms with van der Waals surface area (Å²) in [4.78, 5) is 14.4. The van der Waals surface area contributed by atoms with Crippen molar-refractivity contribution < 1.29 is 9.53 Å². The third kappa shape index (κ3) is 2.45. The molecular weight excluding hydrogens is 240 g/mol. The molecule has 0 spiro atoms. The number of carbonyl (C=O) groups is 1. The van der Waals surface area contributed by atoms with Crippen LogP contribution in [0.25, 0.3) is 0 Å². The van der Waals surface area contributed by atoms with Crippen molar-refractivity contribution in [2.45, 2.75) is 25.4 Å². The molecule has 0 radical (unpaired) electrons. The zero-order valence-electron chi connectivity index (χ0n) is 11.2. The average molecular weight is 260 g/mol. The lowest BCUT2D eigenvalue weighted by molar-refractivity contribution is -0.135. The van der Waals surface area contributed by atoms with E-state index in [1.807, 2.05) is 35.2 Å². The highest BCUT2D eigenvalue weighted by atomic mass is 16.5. The first-order valence-corrected chi connectivity index (χ1v) is 6.95. The number of rotatable bonds is 3. The maximum atomic E-state index is 12.3. The molecule has 0 aromatic heterocycles. The highest BCUT2D eigenvalue weighted by molar-refractivity contribution is 5.79. The van der Waals surface area contributed by atoms with Gasteiger partial charge >= 0.3 is 0 Å². The van der Waals surface area contributed by atoms with Crippen LogP contribution in [0.4, 0.5) is 0 Å². The molecule has 2 fully saturated rings. The molecule has 2 aliphatic heterocycles. The van der Waals surface area contributed by atoms with Crippen LogP contribution in [0.1, 0.15) is 13.3 Å². The second-order valence-electron chi connectivity index (χ2n) is 5.47. The SMILES string of the molecule is CC1CC2CNCC2N1C(=O)COc1ccccc1. The minimum Gasteiger partial charge on any atom is -0.484 e. The minimum absolute atomic E-state index is 0.104. The summed E-state index contributed by atoms with van der Waals surface area (Å²) in [5.74, 6) is 1.48. The molecule has 2 aliphatic rings. The minimum atomic E-state index is 0.104. The van der Waals surface area contributed by atoms with Crippen LogP contribution in [0.15, 0.2) is 30.3 Å². The third-order valence-electron chi connectivity index (χ3n) is 4.17. The van der Waals surface area contributed by atoms with Gasteiger partial charge in [0.25, 0.3) is 5.91 Å². The normalized spacial score (nSPS) is 29.3. The van der Waals surface area contributed by atoms with Crippen LogP contribution >= 0.6 is 0 Å². The zero-order valence-corrected chi connectivity index (χ0v) is 11.2. The number of para-hydroxylation sites is 1. The Morgan fingerprint density at radius 3 is 2.95 bits per heavy atom. The Hall–Kier alpha value is -1.55. The number of likely N-dealkylation sites (tertiary alicyclic amines) is 1. The molecule has 1 amide bonds. The van der Waals surface area contributed by atoms with Gasteiger partial charge in [-0.2, -0.15) is 0 Å². The van der Waals surface area contributed by atoms with E-state index in [0.717, 1.165) is 25.3 Å². The van der Waals surface area contributed by atoms with Crippen molar-refractivity contribution in [1.82, 2.24) is 10.2 Å². The molecule has 4 heteroatoms. The predicted molar refractivity (Wildman–Crippen MR) is 73.0 cm³/mol. The maximum Gasteiger partial charge on any atom is 0.261 e. The molecule has 0 aliphatic carbocycles. The lowest BCUT2D eigenvalue weighted by atomic mass is 10.0. The van der Waals surface area contributed by atoms with Gasteiger partial charge in [-0.1, -0.05) is 18.2 Å². The Morgan fingerprint density at radius 1 is 1.37 bits per heavy atom. The van der Waals surface area contributed by atoms with E-state index in [0.29, 0.717) is 18.0 Å². The molecule has 1 aromatic carbocycles. The summed E-state index contributed by atoms with van der Waals surface area (Å²) in [6.45, 7) is 4.24. The number of ether oxygens (including phenoxy) is 1. The molecule has 1 N–H and O–H groups in total. The summed E-state index contributed by atoms with van der Waals surface area (Å²) in [7, 11) is 0. The third-order valence-corrected chi connectivity index (χ3v) is 4.17. The summed E-state index contributed by atoms with van der Waals surface area (Å²) in [5.41, 5.74) is 0. The van der Waals surface area contributed by atoms with Crippen molar-refractivity contribution in [1.29, 1.82) is 0 Å². The van der Waals surface area contributed by atoms with Crippen LogP contribution in [0.2, 0.25) is 0 Å². The smallest absolute Gasteiger partial charge is 0.261 e. The van der Waals surface area contributed by atoms with E-state index in [4.69, 9.17) is 4.74 Å². The van der Waals surface area contributed by atoms with E-state index in [1.165, 1.54) is 0 Å². The van der Waals surface area contributed by atoms with Gasteiger partial charge in [0.2, 0.25) is 0 Å². The Kier molecular flexibility index (Phi) is 3.42. The number of fused-ring (bicyclic) bond motifs is 1. The highest BCUT2D eigenvalue weighted by Gasteiger charge is 2.43. The van der Waals surface area contributed by atoms with Crippen LogP contribution in [0, 0.1) is 5.92 Å². The van der Waals surface area contributed by atoms with Gasteiger partial charge in [-0.05, 0) is 31.4 Å². The van der Waals surface area contributed by atoms with E-state index in [1.54, 1.807) is 0 Å². The average Bonchev–Trinajstić information content (AvgIpc) is 2.97. The van der Waals surface area contributed by atoms with Crippen molar-refractivity contribution in [3.05, 3.63) is 30.3 Å². The van der Waals surface area contributed by atoms with Crippen LogP contribution in [0.5, 0.6) is 5.75 Å². The van der Waals surface area contributed by atoms with E-state index < -0.39 is 0 Å². The molecule has 1 aromatic rings. The molecule has 3 unspecified atom stereocenters. The first-order valence-electron chi connectivity index (χ1n) is 6.95. The van der Waals surface area contributed by atoms with Gasteiger partial charge < -0.3 is 15.0 Å². The Labute approximate surface area is 113 Å². The number of amides is 1.